The van der Waals surface area contributed by atoms with Crippen LogP contribution in [0.2, 0.25) is 0 Å². The number of benzene rings is 1. The number of nitrogens with one attached hydrogen (secondary N) is 2. The molecule has 0 radical (unpaired) electrons. The molecule has 2 N–H and O–H groups in total. The highest BCUT2D eigenvalue weighted by Crippen LogP contribution is 2.28. The van der Waals surface area contributed by atoms with E-state index in [-0.39, 0.29) is 17.5 Å². The topological polar surface area (TPSA) is 85.3 Å². The van der Waals surface area contributed by atoms with Crippen LogP contribution in [0.1, 0.15) is 46.3 Å². The molecular formula is C25H24N4O3. The van der Waals surface area contributed by atoms with E-state index in [0.717, 1.165) is 29.4 Å². The summed E-state index contributed by atoms with van der Waals surface area (Å²) in [7, 11) is 0. The molecule has 0 saturated carbocycles. The van der Waals surface area contributed by atoms with Crippen LogP contribution >= 0.6 is 0 Å². The van der Waals surface area contributed by atoms with E-state index in [1.54, 1.807) is 6.07 Å². The average Bonchev–Trinajstić information content (AvgIpc) is 3.10. The highest BCUT2D eigenvalue weighted by molar-refractivity contribution is 6.00. The van der Waals surface area contributed by atoms with Gasteiger partial charge in [-0.05, 0) is 47.8 Å². The van der Waals surface area contributed by atoms with Gasteiger partial charge >= 0.3 is 0 Å². The molecule has 0 spiro atoms. The van der Waals surface area contributed by atoms with Gasteiger partial charge in [0.05, 0.1) is 0 Å². The Morgan fingerprint density at radius 1 is 1.22 bits per heavy atom. The summed E-state index contributed by atoms with van der Waals surface area (Å²) in [5, 5.41) is 6.57. The lowest BCUT2D eigenvalue weighted by Gasteiger charge is -2.21. The van der Waals surface area contributed by atoms with Crippen molar-refractivity contribution in [2.45, 2.75) is 26.3 Å². The molecule has 3 aromatic rings. The molecule has 0 unspecified atom stereocenters. The Morgan fingerprint density at radius 2 is 2.06 bits per heavy atom. The number of aryl methyl sites for hydroxylation is 1. The minimum atomic E-state index is -0.348. The van der Waals surface area contributed by atoms with Gasteiger partial charge in [-0.3, -0.25) is 14.9 Å². The standard InChI is InChI=1S/C25H24N4O3/c1-2-16-15-32-22(14-19(16)17-7-4-3-5-8-17)28-24(30)20-10-9-18-13-21-25(31)26-11-6-12-29(21)23(18)27-20/h3-5,7-10,13-14H,2,6,11-12,15H2,1H3,(H,26,31)(H,28,30). The van der Waals surface area contributed by atoms with Crippen molar-refractivity contribution in [1.82, 2.24) is 20.2 Å². The molecule has 4 heterocycles. The molecule has 0 fully saturated rings. The van der Waals surface area contributed by atoms with Crippen LogP contribution in [-0.4, -0.2) is 34.5 Å². The van der Waals surface area contributed by atoms with Gasteiger partial charge < -0.3 is 14.6 Å². The zero-order valence-electron chi connectivity index (χ0n) is 17.9. The van der Waals surface area contributed by atoms with Gasteiger partial charge in [-0.25, -0.2) is 4.98 Å². The lowest BCUT2D eigenvalue weighted by atomic mass is 9.97. The molecule has 7 nitrogen and oxygen atoms in total. The van der Waals surface area contributed by atoms with Crippen LogP contribution in [-0.2, 0) is 11.3 Å². The third kappa shape index (κ3) is 3.66. The number of ether oxygens (including phenoxy) is 1. The summed E-state index contributed by atoms with van der Waals surface area (Å²) in [5.41, 5.74) is 4.84. The Morgan fingerprint density at radius 3 is 2.88 bits per heavy atom. The van der Waals surface area contributed by atoms with E-state index in [4.69, 9.17) is 4.74 Å². The van der Waals surface area contributed by atoms with Gasteiger partial charge in [0.15, 0.2) is 5.88 Å². The number of rotatable bonds is 4. The second-order valence-electron chi connectivity index (χ2n) is 7.89. The van der Waals surface area contributed by atoms with Crippen molar-refractivity contribution in [3.05, 3.63) is 83.0 Å². The van der Waals surface area contributed by atoms with Crippen LogP contribution < -0.4 is 10.6 Å². The van der Waals surface area contributed by atoms with Gasteiger partial charge in [-0.1, -0.05) is 37.3 Å². The summed E-state index contributed by atoms with van der Waals surface area (Å²) in [6, 6.07) is 15.4. The van der Waals surface area contributed by atoms with Crippen molar-refractivity contribution in [2.24, 2.45) is 0 Å². The van der Waals surface area contributed by atoms with Crippen LogP contribution in [0.25, 0.3) is 16.6 Å². The first kappa shape index (κ1) is 20.1. The fourth-order valence-corrected chi connectivity index (χ4v) is 4.16. The molecule has 2 aliphatic heterocycles. The third-order valence-corrected chi connectivity index (χ3v) is 5.86. The largest absolute Gasteiger partial charge is 0.474 e. The first-order valence-electron chi connectivity index (χ1n) is 10.9. The molecule has 7 heteroatoms. The predicted molar refractivity (Wildman–Crippen MR) is 122 cm³/mol. The van der Waals surface area contributed by atoms with Crippen molar-refractivity contribution in [3.63, 3.8) is 0 Å². The van der Waals surface area contributed by atoms with E-state index < -0.39 is 0 Å². The number of aromatic nitrogens is 2. The Hall–Kier alpha value is -3.87. The summed E-state index contributed by atoms with van der Waals surface area (Å²) < 4.78 is 7.69. The van der Waals surface area contributed by atoms with E-state index in [1.165, 1.54) is 5.57 Å². The van der Waals surface area contributed by atoms with E-state index in [0.29, 0.717) is 36.9 Å². The number of pyridine rings is 1. The van der Waals surface area contributed by atoms with Gasteiger partial charge in [-0.2, -0.15) is 0 Å². The van der Waals surface area contributed by atoms with Crippen LogP contribution in [0.5, 0.6) is 0 Å². The second-order valence-corrected chi connectivity index (χ2v) is 7.89. The molecule has 0 aliphatic carbocycles. The molecule has 5 rings (SSSR count). The molecule has 2 aromatic heterocycles. The van der Waals surface area contributed by atoms with Crippen molar-refractivity contribution < 1.29 is 14.3 Å². The number of amides is 2. The Bertz CT molecular complexity index is 1270. The zero-order chi connectivity index (χ0) is 22.1. The van der Waals surface area contributed by atoms with Crippen LogP contribution in [0, 0.1) is 0 Å². The van der Waals surface area contributed by atoms with E-state index in [1.807, 2.05) is 41.0 Å². The minimum Gasteiger partial charge on any atom is -0.474 e. The molecule has 162 valence electrons. The van der Waals surface area contributed by atoms with Crippen LogP contribution in [0.3, 0.4) is 0 Å². The van der Waals surface area contributed by atoms with Crippen LogP contribution in [0.4, 0.5) is 0 Å². The van der Waals surface area contributed by atoms with Gasteiger partial charge in [0.2, 0.25) is 0 Å². The van der Waals surface area contributed by atoms with Crippen molar-refractivity contribution >= 4 is 28.4 Å². The third-order valence-electron chi connectivity index (χ3n) is 5.86. The summed E-state index contributed by atoms with van der Waals surface area (Å²) >= 11 is 0. The summed E-state index contributed by atoms with van der Waals surface area (Å²) in [6.45, 7) is 3.83. The van der Waals surface area contributed by atoms with Gasteiger partial charge in [-0.15, -0.1) is 0 Å². The van der Waals surface area contributed by atoms with Crippen LogP contribution in [0.15, 0.2) is 66.1 Å². The minimum absolute atomic E-state index is 0.112. The molecule has 0 bridgehead atoms. The molecule has 0 atom stereocenters. The quantitative estimate of drug-likeness (QED) is 0.665. The second kappa shape index (κ2) is 8.34. The maximum atomic E-state index is 13.0. The number of hydrogen-bond acceptors (Lipinski definition) is 4. The highest BCUT2D eigenvalue weighted by Gasteiger charge is 2.21. The Balaban J connectivity index is 1.44. The fraction of sp³-hybridized carbons (Fsp3) is 0.240. The number of allylic oxidation sites excluding steroid dienone is 2. The molecular weight excluding hydrogens is 404 g/mol. The molecule has 2 amide bonds. The number of nitrogens with zero attached hydrogens (tertiary/aromatic N) is 2. The molecule has 2 aliphatic rings. The van der Waals surface area contributed by atoms with E-state index in [9.17, 15) is 9.59 Å². The average molecular weight is 428 g/mol. The Labute approximate surface area is 185 Å². The molecule has 0 saturated heterocycles. The SMILES string of the molecule is CCC1=C(c2ccccc2)C=C(NC(=O)c2ccc3cc4n(c3n2)CCCNC4=O)OC1. The monoisotopic (exact) mass is 428 g/mol. The normalized spacial score (nSPS) is 16.0. The summed E-state index contributed by atoms with van der Waals surface area (Å²) in [4.78, 5) is 29.8. The maximum absolute atomic E-state index is 13.0. The van der Waals surface area contributed by atoms with Crippen molar-refractivity contribution in [2.75, 3.05) is 13.2 Å². The highest BCUT2D eigenvalue weighted by atomic mass is 16.5. The maximum Gasteiger partial charge on any atom is 0.276 e. The first-order chi connectivity index (χ1) is 15.6. The number of fused-ring (bicyclic) bond motifs is 3. The number of hydrogen-bond donors (Lipinski definition) is 2. The molecule has 1 aromatic carbocycles. The van der Waals surface area contributed by atoms with Crippen molar-refractivity contribution in [3.8, 4) is 0 Å². The number of carbonyl (C=O) groups excluding carboxylic acids is 2. The summed E-state index contributed by atoms with van der Waals surface area (Å²) in [5.74, 6) is -0.0559. The lowest BCUT2D eigenvalue weighted by Crippen LogP contribution is -2.27. The first-order valence-corrected chi connectivity index (χ1v) is 10.9. The molecule has 32 heavy (non-hydrogen) atoms. The lowest BCUT2D eigenvalue weighted by molar-refractivity contribution is 0.0917. The Kier molecular flexibility index (Phi) is 5.23. The zero-order valence-corrected chi connectivity index (χ0v) is 17.9. The smallest absolute Gasteiger partial charge is 0.276 e. The van der Waals surface area contributed by atoms with Gasteiger partial charge in [0.1, 0.15) is 23.6 Å². The fourth-order valence-electron chi connectivity index (χ4n) is 4.16. The van der Waals surface area contributed by atoms with Gasteiger partial charge in [0.25, 0.3) is 11.8 Å². The van der Waals surface area contributed by atoms with E-state index >= 15 is 0 Å². The summed E-state index contributed by atoms with van der Waals surface area (Å²) in [6.07, 6.45) is 3.56. The van der Waals surface area contributed by atoms with E-state index in [2.05, 4.69) is 34.7 Å². The van der Waals surface area contributed by atoms with Crippen molar-refractivity contribution in [1.29, 1.82) is 0 Å². The van der Waals surface area contributed by atoms with Gasteiger partial charge in [0, 0.05) is 24.6 Å². The number of carbonyl (C=O) groups is 2. The predicted octanol–water partition coefficient (Wildman–Crippen LogP) is 3.64.